The molecule has 2 aromatic rings. The molecule has 0 saturated carbocycles. The van der Waals surface area contributed by atoms with Crippen LogP contribution < -0.4 is 16.7 Å². The Morgan fingerprint density at radius 2 is 1.82 bits per heavy atom. The molecule has 2 heterocycles. The van der Waals surface area contributed by atoms with Crippen molar-refractivity contribution in [2.75, 3.05) is 11.7 Å². The second-order valence-electron chi connectivity index (χ2n) is 3.82. The minimum Gasteiger partial charge on any atom is -0.310 e. The van der Waals surface area contributed by atoms with Crippen molar-refractivity contribution < 1.29 is 5.21 Å². The second kappa shape index (κ2) is 7.91. The molecule has 4 N–H and O–H groups in total. The molecular weight excluding hydrogens is 310 g/mol. The largest absolute Gasteiger partial charge is 0.349 e. The van der Waals surface area contributed by atoms with Crippen molar-refractivity contribution in [1.29, 1.82) is 5.26 Å². The number of hydrogen-bond acceptors (Lipinski definition) is 9. The van der Waals surface area contributed by atoms with E-state index in [1.165, 1.54) is 11.8 Å². The van der Waals surface area contributed by atoms with Gasteiger partial charge in [-0.15, -0.1) is 11.8 Å². The average molecular weight is 323 g/mol. The number of aromatic amines is 2. The molecule has 0 atom stereocenters. The summed E-state index contributed by atoms with van der Waals surface area (Å²) in [7, 11) is 0. The fourth-order valence-corrected chi connectivity index (χ4v) is 1.92. The van der Waals surface area contributed by atoms with Crippen molar-refractivity contribution >= 4 is 17.7 Å². The average Bonchev–Trinajstić information content (AvgIpc) is 2.46. The molecule has 0 unspecified atom stereocenters. The second-order valence-corrected chi connectivity index (χ2v) is 4.62. The van der Waals surface area contributed by atoms with Crippen molar-refractivity contribution in [3.63, 3.8) is 0 Å². The number of nitriles is 1. The summed E-state index contributed by atoms with van der Waals surface area (Å²) in [5, 5.41) is 17.3. The molecule has 116 valence electrons. The molecule has 2 rings (SSSR count). The number of anilines is 1. The minimum absolute atomic E-state index is 0.0908. The highest BCUT2D eigenvalue weighted by Crippen LogP contribution is 2.12. The quantitative estimate of drug-likeness (QED) is 0.337. The van der Waals surface area contributed by atoms with E-state index in [1.807, 2.05) is 6.07 Å². The van der Waals surface area contributed by atoms with Crippen LogP contribution in [0.5, 0.6) is 0 Å². The molecule has 0 fully saturated rings. The Morgan fingerprint density at radius 3 is 2.32 bits per heavy atom. The number of nitrogens with one attached hydrogen (secondary N) is 3. The van der Waals surface area contributed by atoms with Gasteiger partial charge >= 0.3 is 5.69 Å². The molecule has 0 spiro atoms. The van der Waals surface area contributed by atoms with E-state index in [1.54, 1.807) is 25.6 Å². The van der Waals surface area contributed by atoms with Crippen LogP contribution in [0.4, 0.5) is 5.95 Å². The van der Waals surface area contributed by atoms with Gasteiger partial charge in [-0.3, -0.25) is 15.0 Å². The van der Waals surface area contributed by atoms with Crippen LogP contribution in [0.25, 0.3) is 0 Å². The molecule has 0 saturated heterocycles. The number of rotatable bonds is 2. The molecule has 0 aliphatic heterocycles. The van der Waals surface area contributed by atoms with Gasteiger partial charge in [-0.2, -0.15) is 15.2 Å². The monoisotopic (exact) mass is 323 g/mol. The van der Waals surface area contributed by atoms with E-state index in [2.05, 4.69) is 24.9 Å². The van der Waals surface area contributed by atoms with E-state index in [0.29, 0.717) is 16.7 Å². The maximum atomic E-state index is 11.1. The van der Waals surface area contributed by atoms with E-state index in [4.69, 9.17) is 10.5 Å². The smallest absolute Gasteiger partial charge is 0.310 e. The standard InChI is InChI=1S/C7H7N3OS.C4H6N4O2/c1-4-9-6(11)5(3-8)7(10-4)12-2;1-2-5-3(8-10)7-4(9)6-2/h1-2H3,(H,9,10,11);10H,1H3,(H2,5,6,7,8,9). The SMILES string of the molecule is CSc1nc(C)[nH]c(=O)c1C#N.Cc1nc(NO)nc(=O)[nH]1. The van der Waals surface area contributed by atoms with Gasteiger partial charge in [0.1, 0.15) is 28.3 Å². The number of aromatic nitrogens is 5. The zero-order chi connectivity index (χ0) is 16.7. The lowest BCUT2D eigenvalue weighted by Crippen LogP contribution is -2.15. The highest BCUT2D eigenvalue weighted by Gasteiger charge is 2.07. The highest BCUT2D eigenvalue weighted by molar-refractivity contribution is 7.98. The maximum absolute atomic E-state index is 11.1. The summed E-state index contributed by atoms with van der Waals surface area (Å²) in [6, 6.07) is 1.81. The summed E-state index contributed by atoms with van der Waals surface area (Å²) in [5.41, 5.74) is 0.853. The zero-order valence-electron chi connectivity index (χ0n) is 12.0. The number of aryl methyl sites for hydroxylation is 2. The number of hydrogen-bond donors (Lipinski definition) is 4. The Balaban J connectivity index is 0.000000224. The fraction of sp³-hybridized carbons (Fsp3) is 0.273. The Hall–Kier alpha value is -2.71. The molecule has 0 aliphatic carbocycles. The van der Waals surface area contributed by atoms with Gasteiger partial charge in [0.15, 0.2) is 0 Å². The summed E-state index contributed by atoms with van der Waals surface area (Å²) >= 11 is 1.29. The third-order valence-electron chi connectivity index (χ3n) is 2.18. The molecule has 0 amide bonds. The summed E-state index contributed by atoms with van der Waals surface area (Å²) < 4.78 is 0. The Kier molecular flexibility index (Phi) is 6.24. The van der Waals surface area contributed by atoms with Crippen molar-refractivity contribution in [1.82, 2.24) is 24.9 Å². The summed E-state index contributed by atoms with van der Waals surface area (Å²) in [5.74, 6) is 0.834. The van der Waals surface area contributed by atoms with Gasteiger partial charge in [0.2, 0.25) is 0 Å². The number of nitrogens with zero attached hydrogens (tertiary/aromatic N) is 4. The van der Waals surface area contributed by atoms with Gasteiger partial charge in [-0.1, -0.05) is 0 Å². The van der Waals surface area contributed by atoms with E-state index in [-0.39, 0.29) is 17.1 Å². The third kappa shape index (κ3) is 4.69. The van der Waals surface area contributed by atoms with Crippen LogP contribution in [-0.4, -0.2) is 36.4 Å². The van der Waals surface area contributed by atoms with Crippen molar-refractivity contribution in [3.05, 3.63) is 38.1 Å². The molecule has 11 heteroatoms. The first kappa shape index (κ1) is 17.3. The van der Waals surface area contributed by atoms with Gasteiger partial charge in [-0.25, -0.2) is 15.3 Å². The molecule has 0 radical (unpaired) electrons. The third-order valence-corrected chi connectivity index (χ3v) is 2.86. The first-order valence-corrected chi connectivity index (χ1v) is 7.03. The first-order chi connectivity index (χ1) is 10.4. The van der Waals surface area contributed by atoms with E-state index >= 15 is 0 Å². The predicted molar refractivity (Wildman–Crippen MR) is 78.9 cm³/mol. The minimum atomic E-state index is -0.538. The molecule has 0 bridgehead atoms. The van der Waals surface area contributed by atoms with E-state index in [0.717, 1.165) is 0 Å². The molecule has 2 aromatic heterocycles. The lowest BCUT2D eigenvalue weighted by Gasteiger charge is -1.98. The summed E-state index contributed by atoms with van der Waals surface area (Å²) in [6.07, 6.45) is 1.78. The van der Waals surface area contributed by atoms with Crippen LogP contribution in [0.3, 0.4) is 0 Å². The Morgan fingerprint density at radius 1 is 1.18 bits per heavy atom. The molecule has 10 nitrogen and oxygen atoms in total. The van der Waals surface area contributed by atoms with Crippen molar-refractivity contribution in [3.8, 4) is 6.07 Å². The van der Waals surface area contributed by atoms with Gasteiger partial charge in [0.25, 0.3) is 11.5 Å². The van der Waals surface area contributed by atoms with Crippen LogP contribution >= 0.6 is 11.8 Å². The van der Waals surface area contributed by atoms with E-state index < -0.39 is 5.69 Å². The van der Waals surface area contributed by atoms with Gasteiger partial charge in [0, 0.05) is 0 Å². The Labute approximate surface area is 128 Å². The van der Waals surface area contributed by atoms with Gasteiger partial charge in [0.05, 0.1) is 0 Å². The topological polar surface area (TPSA) is 160 Å². The predicted octanol–water partition coefficient (Wildman–Crippen LogP) is -0.0537. The lowest BCUT2D eigenvalue weighted by atomic mass is 10.4. The Bertz CT molecular complexity index is 809. The highest BCUT2D eigenvalue weighted by atomic mass is 32.2. The molecule has 0 aliphatic rings. The van der Waals surface area contributed by atoms with Crippen molar-refractivity contribution in [2.24, 2.45) is 0 Å². The zero-order valence-corrected chi connectivity index (χ0v) is 12.8. The number of thioether (sulfide) groups is 1. The van der Waals surface area contributed by atoms with Crippen LogP contribution in [0.2, 0.25) is 0 Å². The van der Waals surface area contributed by atoms with Crippen LogP contribution in [0.1, 0.15) is 17.2 Å². The summed E-state index contributed by atoms with van der Waals surface area (Å²) in [4.78, 5) is 37.3. The van der Waals surface area contributed by atoms with Crippen molar-refractivity contribution in [2.45, 2.75) is 18.9 Å². The fourth-order valence-electron chi connectivity index (χ4n) is 1.35. The van der Waals surface area contributed by atoms with Crippen LogP contribution in [-0.2, 0) is 0 Å². The molecular formula is C11H13N7O3S. The lowest BCUT2D eigenvalue weighted by molar-refractivity contribution is 0.381. The number of H-pyrrole nitrogens is 2. The van der Waals surface area contributed by atoms with Crippen LogP contribution in [0, 0.1) is 25.2 Å². The summed E-state index contributed by atoms with van der Waals surface area (Å²) in [6.45, 7) is 3.27. The first-order valence-electron chi connectivity index (χ1n) is 5.81. The van der Waals surface area contributed by atoms with E-state index in [9.17, 15) is 9.59 Å². The van der Waals surface area contributed by atoms with Crippen LogP contribution in [0.15, 0.2) is 14.6 Å². The van der Waals surface area contributed by atoms with Gasteiger partial charge < -0.3 is 4.98 Å². The van der Waals surface area contributed by atoms with Gasteiger partial charge in [-0.05, 0) is 20.1 Å². The molecule has 22 heavy (non-hydrogen) atoms. The maximum Gasteiger partial charge on any atom is 0.349 e. The normalized spacial score (nSPS) is 9.41. The molecule has 0 aromatic carbocycles.